The predicted octanol–water partition coefficient (Wildman–Crippen LogP) is 5.64. The summed E-state index contributed by atoms with van der Waals surface area (Å²) in [7, 11) is 0. The van der Waals surface area contributed by atoms with Gasteiger partial charge in [-0.05, 0) is 61.4 Å². The fraction of sp³-hybridized carbons (Fsp3) is 0.259. The van der Waals surface area contributed by atoms with E-state index < -0.39 is 17.9 Å². The molecule has 2 heterocycles. The number of amides is 1. The van der Waals surface area contributed by atoms with Crippen LogP contribution in [-0.2, 0) is 4.79 Å². The monoisotopic (exact) mass is 478 g/mol. The maximum atomic E-state index is 13.7. The number of rotatable bonds is 5. The van der Waals surface area contributed by atoms with E-state index in [2.05, 4.69) is 15.3 Å². The Morgan fingerprint density at radius 2 is 1.71 bits per heavy atom. The van der Waals surface area contributed by atoms with Crippen LogP contribution in [0.5, 0.6) is 0 Å². The van der Waals surface area contributed by atoms with E-state index in [4.69, 9.17) is 0 Å². The van der Waals surface area contributed by atoms with Crippen molar-refractivity contribution in [3.8, 4) is 5.69 Å². The summed E-state index contributed by atoms with van der Waals surface area (Å²) >= 11 is 0. The van der Waals surface area contributed by atoms with Gasteiger partial charge in [0.15, 0.2) is 0 Å². The van der Waals surface area contributed by atoms with Gasteiger partial charge in [-0.25, -0.2) is 9.07 Å². The fourth-order valence-corrected chi connectivity index (χ4v) is 4.94. The number of aromatic nitrogens is 2. The molecular weight excluding hydrogens is 453 g/mol. The van der Waals surface area contributed by atoms with Crippen molar-refractivity contribution in [3.05, 3.63) is 90.4 Å². The molecule has 1 fully saturated rings. The molecule has 5 nitrogen and oxygen atoms in total. The summed E-state index contributed by atoms with van der Waals surface area (Å²) in [4.78, 5) is 14.3. The summed E-state index contributed by atoms with van der Waals surface area (Å²) in [6.07, 6.45) is 2.27. The van der Waals surface area contributed by atoms with Crippen molar-refractivity contribution in [1.29, 1.82) is 0 Å². The van der Waals surface area contributed by atoms with Gasteiger partial charge in [-0.1, -0.05) is 30.3 Å². The van der Waals surface area contributed by atoms with Crippen molar-refractivity contribution in [1.82, 2.24) is 15.1 Å². The lowest BCUT2D eigenvalue weighted by atomic mass is 9.99. The Balaban J connectivity index is 1.53. The summed E-state index contributed by atoms with van der Waals surface area (Å²) in [5.41, 5.74) is 3.44. The number of fused-ring (bicyclic) bond motifs is 1. The first kappa shape index (κ1) is 23.0. The van der Waals surface area contributed by atoms with E-state index in [-0.39, 0.29) is 17.9 Å². The Morgan fingerprint density at radius 1 is 1.03 bits per heavy atom. The van der Waals surface area contributed by atoms with Crippen molar-refractivity contribution in [2.24, 2.45) is 0 Å². The summed E-state index contributed by atoms with van der Waals surface area (Å²) in [5.74, 6) is -5.04. The normalized spacial score (nSPS) is 20.4. The third-order valence-corrected chi connectivity index (χ3v) is 6.53. The van der Waals surface area contributed by atoms with Gasteiger partial charge < -0.3 is 10.2 Å². The van der Waals surface area contributed by atoms with Crippen molar-refractivity contribution in [2.75, 3.05) is 4.90 Å². The number of hydrogen-bond acceptors (Lipinski definition) is 3. The Bertz CT molecular complexity index is 1350. The first-order valence-corrected chi connectivity index (χ1v) is 11.5. The molecule has 3 atom stereocenters. The summed E-state index contributed by atoms with van der Waals surface area (Å²) in [6, 6.07) is 20.8. The molecule has 4 aromatic rings. The fourth-order valence-electron chi connectivity index (χ4n) is 4.94. The molecule has 1 aliphatic heterocycles. The number of halogens is 3. The van der Waals surface area contributed by atoms with E-state index in [0.717, 1.165) is 27.8 Å². The Hall–Kier alpha value is -3.81. The molecule has 8 heteroatoms. The van der Waals surface area contributed by atoms with Crippen LogP contribution in [0.2, 0.25) is 0 Å². The minimum Gasteiger partial charge on any atom is -0.360 e. The lowest BCUT2D eigenvalue weighted by molar-refractivity contribution is -0.143. The molecule has 1 aromatic heterocycles. The van der Waals surface area contributed by atoms with Crippen LogP contribution in [0.1, 0.15) is 31.9 Å². The van der Waals surface area contributed by atoms with E-state index in [1.165, 1.54) is 12.1 Å². The van der Waals surface area contributed by atoms with Crippen LogP contribution in [-0.4, -0.2) is 33.7 Å². The van der Waals surface area contributed by atoms with Gasteiger partial charge in [0.2, 0.25) is 0 Å². The molecule has 35 heavy (non-hydrogen) atoms. The maximum Gasteiger partial charge on any atom is 0.321 e. The summed E-state index contributed by atoms with van der Waals surface area (Å²) < 4.78 is 42.5. The molecule has 1 aliphatic rings. The van der Waals surface area contributed by atoms with Gasteiger partial charge in [-0.3, -0.25) is 4.79 Å². The number of benzene rings is 3. The van der Waals surface area contributed by atoms with Crippen molar-refractivity contribution in [2.45, 2.75) is 44.3 Å². The SMILES string of the molecule is C[C@@H]1C[C@H](NC(=O)C(C)(F)F)C(c2ccccc2)N1c1ccc2c(cnn2-c2ccc(F)cc2)c1. The number of hydrogen-bond donors (Lipinski definition) is 1. The minimum absolute atomic E-state index is 0.0134. The Labute approximate surface area is 201 Å². The van der Waals surface area contributed by atoms with Crippen molar-refractivity contribution < 1.29 is 18.0 Å². The van der Waals surface area contributed by atoms with Gasteiger partial charge in [-0.15, -0.1) is 0 Å². The van der Waals surface area contributed by atoms with Gasteiger partial charge in [0.1, 0.15) is 5.82 Å². The average Bonchev–Trinajstić information content (AvgIpc) is 3.39. The number of nitrogens with one attached hydrogen (secondary N) is 1. The zero-order valence-corrected chi connectivity index (χ0v) is 19.3. The lowest BCUT2D eigenvalue weighted by Gasteiger charge is -2.33. The standard InChI is InChI=1S/C27H25F3N4O/c1-17-14-23(32-26(35)27(2,29)30)25(18-6-4-3-5-7-18)33(17)22-12-13-24-19(15-22)16-31-34(24)21-10-8-20(28)9-11-21/h3-13,15-17,23,25H,14H2,1-2H3,(H,32,35)/t17-,23+,25?/m1/s1. The van der Waals surface area contributed by atoms with Crippen molar-refractivity contribution >= 4 is 22.5 Å². The highest BCUT2D eigenvalue weighted by atomic mass is 19.3. The molecule has 3 aromatic carbocycles. The van der Waals surface area contributed by atoms with Gasteiger partial charge in [0.25, 0.3) is 5.91 Å². The predicted molar refractivity (Wildman–Crippen MR) is 129 cm³/mol. The average molecular weight is 479 g/mol. The topological polar surface area (TPSA) is 50.2 Å². The Kier molecular flexibility index (Phi) is 5.75. The van der Waals surface area contributed by atoms with E-state index in [1.54, 1.807) is 23.0 Å². The molecule has 5 rings (SSSR count). The van der Waals surface area contributed by atoms with Crippen LogP contribution in [0.15, 0.2) is 79.0 Å². The lowest BCUT2D eigenvalue weighted by Crippen LogP contribution is -2.46. The maximum absolute atomic E-state index is 13.7. The number of alkyl halides is 2. The molecule has 0 saturated carbocycles. The quantitative estimate of drug-likeness (QED) is 0.404. The number of carbonyl (C=O) groups excluding carboxylic acids is 1. The number of anilines is 1. The van der Waals surface area contributed by atoms with E-state index in [0.29, 0.717) is 13.3 Å². The third kappa shape index (κ3) is 4.36. The molecule has 0 bridgehead atoms. The molecule has 1 unspecified atom stereocenters. The Morgan fingerprint density at radius 3 is 2.40 bits per heavy atom. The van der Waals surface area contributed by atoms with Crippen LogP contribution < -0.4 is 10.2 Å². The highest BCUT2D eigenvalue weighted by molar-refractivity contribution is 5.85. The molecule has 0 aliphatic carbocycles. The summed E-state index contributed by atoms with van der Waals surface area (Å²) in [5, 5.41) is 7.95. The zero-order chi connectivity index (χ0) is 24.7. The first-order chi connectivity index (χ1) is 16.7. The van der Waals surface area contributed by atoms with Crippen molar-refractivity contribution in [3.63, 3.8) is 0 Å². The van der Waals surface area contributed by atoms with Crippen LogP contribution in [0.3, 0.4) is 0 Å². The molecule has 0 radical (unpaired) electrons. The molecule has 180 valence electrons. The van der Waals surface area contributed by atoms with Gasteiger partial charge in [-0.2, -0.15) is 13.9 Å². The van der Waals surface area contributed by atoms with Crippen LogP contribution in [0.4, 0.5) is 18.9 Å². The van der Waals surface area contributed by atoms with Gasteiger partial charge in [0, 0.05) is 24.0 Å². The molecular formula is C27H25F3N4O. The molecule has 1 amide bonds. The second-order valence-electron chi connectivity index (χ2n) is 9.09. The largest absolute Gasteiger partial charge is 0.360 e. The van der Waals surface area contributed by atoms with E-state index in [9.17, 15) is 18.0 Å². The van der Waals surface area contributed by atoms with Crippen LogP contribution in [0.25, 0.3) is 16.6 Å². The van der Waals surface area contributed by atoms with Gasteiger partial charge >= 0.3 is 5.92 Å². The highest BCUT2D eigenvalue weighted by Crippen LogP contribution is 2.41. The molecule has 1 saturated heterocycles. The van der Waals surface area contributed by atoms with E-state index in [1.807, 2.05) is 55.5 Å². The summed E-state index contributed by atoms with van der Waals surface area (Å²) in [6.45, 7) is 2.64. The van der Waals surface area contributed by atoms with Gasteiger partial charge in [0.05, 0.1) is 29.5 Å². The number of nitrogens with zero attached hydrogens (tertiary/aromatic N) is 3. The molecule has 0 spiro atoms. The third-order valence-electron chi connectivity index (χ3n) is 6.53. The highest BCUT2D eigenvalue weighted by Gasteiger charge is 2.43. The smallest absolute Gasteiger partial charge is 0.321 e. The van der Waals surface area contributed by atoms with Crippen LogP contribution >= 0.6 is 0 Å². The molecule has 1 N–H and O–H groups in total. The zero-order valence-electron chi connectivity index (χ0n) is 19.3. The van der Waals surface area contributed by atoms with Crippen LogP contribution in [0, 0.1) is 5.82 Å². The second kappa shape index (κ2) is 8.76. The minimum atomic E-state index is -3.45. The first-order valence-electron chi connectivity index (χ1n) is 11.5. The van der Waals surface area contributed by atoms with E-state index >= 15 is 0 Å². The number of carbonyl (C=O) groups is 1. The second-order valence-corrected chi connectivity index (χ2v) is 9.09.